The van der Waals surface area contributed by atoms with Crippen molar-refractivity contribution < 1.29 is 35.4 Å². The van der Waals surface area contributed by atoms with Crippen LogP contribution in [0.25, 0.3) is 0 Å². The summed E-state index contributed by atoms with van der Waals surface area (Å²) in [5.41, 5.74) is 0. The summed E-state index contributed by atoms with van der Waals surface area (Å²) in [4.78, 5) is 0. The van der Waals surface area contributed by atoms with E-state index in [0.717, 1.165) is 0 Å². The van der Waals surface area contributed by atoms with Crippen molar-refractivity contribution in [3.05, 3.63) is 0 Å². The van der Waals surface area contributed by atoms with Gasteiger partial charge in [-0.3, -0.25) is 0 Å². The minimum Gasteiger partial charge on any atom is -0.394 e. The maximum atomic E-state index is 9.31. The van der Waals surface area contributed by atoms with Gasteiger partial charge in [0, 0.05) is 0 Å². The van der Waals surface area contributed by atoms with Crippen molar-refractivity contribution in [2.24, 2.45) is 0 Å². The Labute approximate surface area is 79.8 Å². The molecule has 7 nitrogen and oxygen atoms in total. The Hall–Kier alpha value is -0.280. The van der Waals surface area contributed by atoms with Crippen LogP contribution in [0.15, 0.2) is 0 Å². The molecule has 0 aromatic heterocycles. The molecule has 7 heteroatoms. The first-order chi connectivity index (χ1) is 6.49. The van der Waals surface area contributed by atoms with Gasteiger partial charge in [-0.05, 0) is 0 Å². The van der Waals surface area contributed by atoms with Gasteiger partial charge in [0.15, 0.2) is 6.29 Å². The fourth-order valence-corrected chi connectivity index (χ4v) is 1.31. The van der Waals surface area contributed by atoms with E-state index in [1.165, 1.54) is 0 Å². The van der Waals surface area contributed by atoms with Crippen molar-refractivity contribution in [2.75, 3.05) is 6.61 Å². The van der Waals surface area contributed by atoms with E-state index in [1.54, 1.807) is 0 Å². The van der Waals surface area contributed by atoms with Crippen LogP contribution in [0.1, 0.15) is 0 Å². The molecule has 1 aliphatic rings. The smallest absolute Gasteiger partial charge is 0.184 e. The van der Waals surface area contributed by atoms with Gasteiger partial charge in [0.25, 0.3) is 0 Å². The Morgan fingerprint density at radius 1 is 1.00 bits per heavy atom. The summed E-state index contributed by atoms with van der Waals surface area (Å²) in [6, 6.07) is 0. The van der Waals surface area contributed by atoms with Crippen molar-refractivity contribution >= 4 is 0 Å². The summed E-state index contributed by atoms with van der Waals surface area (Å²) in [5, 5.41) is 54.3. The van der Waals surface area contributed by atoms with Crippen LogP contribution in [0.5, 0.6) is 0 Å². The van der Waals surface area contributed by atoms with E-state index >= 15 is 0 Å². The maximum Gasteiger partial charge on any atom is 0.184 e. The number of aliphatic hydroxyl groups excluding tert-OH is 6. The van der Waals surface area contributed by atoms with Crippen LogP contribution in [0, 0.1) is 0 Å². The van der Waals surface area contributed by atoms with Gasteiger partial charge in [0.1, 0.15) is 30.5 Å². The summed E-state index contributed by atoms with van der Waals surface area (Å²) in [5.74, 6) is 0. The molecule has 1 aliphatic heterocycles. The summed E-state index contributed by atoms with van der Waals surface area (Å²) in [6.07, 6.45) is -9.26. The molecule has 0 bridgehead atoms. The third-order valence-corrected chi connectivity index (χ3v) is 2.19. The molecule has 0 aromatic rings. The zero-order chi connectivity index (χ0) is 10.9. The van der Waals surface area contributed by atoms with Crippen molar-refractivity contribution in [1.82, 2.24) is 0 Å². The maximum absolute atomic E-state index is 9.31. The molecule has 0 saturated carbocycles. The molecule has 0 amide bonds. The van der Waals surface area contributed by atoms with E-state index in [1.807, 2.05) is 0 Å². The molecule has 6 atom stereocenters. The molecule has 1 heterocycles. The number of hydrogen-bond acceptors (Lipinski definition) is 7. The molecule has 0 aromatic carbocycles. The van der Waals surface area contributed by atoms with Gasteiger partial charge in [0.2, 0.25) is 0 Å². The third-order valence-electron chi connectivity index (χ3n) is 2.19. The molecule has 0 unspecified atom stereocenters. The molecule has 0 aliphatic carbocycles. The number of aliphatic hydroxyl groups is 6. The Bertz CT molecular complexity index is 187. The molecule has 1 saturated heterocycles. The third kappa shape index (κ3) is 2.04. The number of ether oxygens (including phenoxy) is 1. The van der Waals surface area contributed by atoms with E-state index in [2.05, 4.69) is 4.74 Å². The second-order valence-corrected chi connectivity index (χ2v) is 3.21. The fraction of sp³-hybridized carbons (Fsp3) is 1.00. The highest BCUT2D eigenvalue weighted by atomic mass is 16.6. The standard InChI is InChI=1S/C7H14O7/c8-1-2(9)6-4(11)3(10)5(12)7(13)14-6/h2-13H,1H2/t2-,3+,4+,5+,6+,7-/m1/s1. The molecule has 0 spiro atoms. The molecule has 1 rings (SSSR count). The fourth-order valence-electron chi connectivity index (χ4n) is 1.31. The van der Waals surface area contributed by atoms with E-state index in [9.17, 15) is 10.2 Å². The lowest BCUT2D eigenvalue weighted by molar-refractivity contribution is -0.298. The predicted octanol–water partition coefficient (Wildman–Crippen LogP) is -3.86. The summed E-state index contributed by atoms with van der Waals surface area (Å²) in [7, 11) is 0. The monoisotopic (exact) mass is 210 g/mol. The van der Waals surface area contributed by atoms with Crippen molar-refractivity contribution in [2.45, 2.75) is 36.8 Å². The molecule has 84 valence electrons. The Balaban J connectivity index is 2.70. The first-order valence-corrected chi connectivity index (χ1v) is 4.15. The average molecular weight is 210 g/mol. The van der Waals surface area contributed by atoms with Crippen LogP contribution in [-0.2, 0) is 4.74 Å². The Kier molecular flexibility index (Phi) is 3.78. The second-order valence-electron chi connectivity index (χ2n) is 3.21. The topological polar surface area (TPSA) is 131 Å². The Morgan fingerprint density at radius 3 is 2.07 bits per heavy atom. The SMILES string of the molecule is OC[C@@H](O)[C@@H]1O[C@@H](O)[C@@H](O)[C@@H](O)[C@@H]1O. The van der Waals surface area contributed by atoms with E-state index < -0.39 is 43.4 Å². The molecule has 6 N–H and O–H groups in total. The number of hydrogen-bond donors (Lipinski definition) is 6. The molecular formula is C7H14O7. The van der Waals surface area contributed by atoms with E-state index in [0.29, 0.717) is 0 Å². The molecule has 14 heavy (non-hydrogen) atoms. The highest BCUT2D eigenvalue weighted by molar-refractivity contribution is 4.91. The van der Waals surface area contributed by atoms with Crippen molar-refractivity contribution in [3.8, 4) is 0 Å². The van der Waals surface area contributed by atoms with Gasteiger partial charge in [-0.2, -0.15) is 0 Å². The minimum absolute atomic E-state index is 0.683. The van der Waals surface area contributed by atoms with Crippen LogP contribution in [0.2, 0.25) is 0 Å². The number of rotatable bonds is 2. The summed E-state index contributed by atoms with van der Waals surface area (Å²) >= 11 is 0. The Morgan fingerprint density at radius 2 is 1.57 bits per heavy atom. The van der Waals surface area contributed by atoms with Gasteiger partial charge >= 0.3 is 0 Å². The van der Waals surface area contributed by atoms with Gasteiger partial charge in [-0.1, -0.05) is 0 Å². The molecular weight excluding hydrogens is 196 g/mol. The molecule has 0 radical (unpaired) electrons. The summed E-state index contributed by atoms with van der Waals surface area (Å²) < 4.78 is 4.62. The van der Waals surface area contributed by atoms with E-state index in [4.69, 9.17) is 20.4 Å². The minimum atomic E-state index is -1.69. The lowest BCUT2D eigenvalue weighted by Crippen LogP contribution is -2.61. The first-order valence-electron chi connectivity index (χ1n) is 4.15. The van der Waals surface area contributed by atoms with Crippen LogP contribution >= 0.6 is 0 Å². The van der Waals surface area contributed by atoms with Crippen LogP contribution < -0.4 is 0 Å². The van der Waals surface area contributed by atoms with Crippen molar-refractivity contribution in [3.63, 3.8) is 0 Å². The largest absolute Gasteiger partial charge is 0.394 e. The van der Waals surface area contributed by atoms with Gasteiger partial charge in [-0.25, -0.2) is 0 Å². The molecule has 1 fully saturated rings. The zero-order valence-electron chi connectivity index (χ0n) is 7.26. The van der Waals surface area contributed by atoms with Crippen LogP contribution in [-0.4, -0.2) is 74.1 Å². The van der Waals surface area contributed by atoms with Gasteiger partial charge < -0.3 is 35.4 Å². The zero-order valence-corrected chi connectivity index (χ0v) is 7.26. The normalized spacial score (nSPS) is 46.3. The quantitative estimate of drug-likeness (QED) is 0.275. The lowest BCUT2D eigenvalue weighted by Gasteiger charge is -2.39. The highest BCUT2D eigenvalue weighted by Crippen LogP contribution is 2.21. The highest BCUT2D eigenvalue weighted by Gasteiger charge is 2.45. The average Bonchev–Trinajstić information content (AvgIpc) is 2.19. The van der Waals surface area contributed by atoms with Gasteiger partial charge in [0.05, 0.1) is 6.61 Å². The summed E-state index contributed by atoms with van der Waals surface area (Å²) in [6.45, 7) is -0.683. The second kappa shape index (κ2) is 4.49. The van der Waals surface area contributed by atoms with Crippen molar-refractivity contribution in [1.29, 1.82) is 0 Å². The van der Waals surface area contributed by atoms with Gasteiger partial charge in [-0.15, -0.1) is 0 Å². The van der Waals surface area contributed by atoms with Crippen LogP contribution in [0.4, 0.5) is 0 Å². The van der Waals surface area contributed by atoms with E-state index in [-0.39, 0.29) is 0 Å². The predicted molar refractivity (Wildman–Crippen MR) is 42.0 cm³/mol. The first kappa shape index (κ1) is 11.8. The lowest BCUT2D eigenvalue weighted by atomic mass is 9.96. The van der Waals surface area contributed by atoms with Crippen LogP contribution in [0.3, 0.4) is 0 Å².